The zero-order valence-corrected chi connectivity index (χ0v) is 19.5. The number of aryl methyl sites for hydroxylation is 1. The Morgan fingerprint density at radius 2 is 1.83 bits per heavy atom. The van der Waals surface area contributed by atoms with Crippen LogP contribution in [0.5, 0.6) is 0 Å². The zero-order chi connectivity index (χ0) is 24.9. The number of rotatable bonds is 6. The Morgan fingerprint density at radius 3 is 2.49 bits per heavy atom. The number of amides is 2. The molecule has 1 fully saturated rings. The van der Waals surface area contributed by atoms with E-state index in [1.807, 2.05) is 31.2 Å². The highest BCUT2D eigenvalue weighted by molar-refractivity contribution is 8.05. The van der Waals surface area contributed by atoms with Gasteiger partial charge in [0.2, 0.25) is 5.91 Å². The molecule has 8 nitrogen and oxygen atoms in total. The lowest BCUT2D eigenvalue weighted by molar-refractivity contribution is -0.384. The Labute approximate surface area is 206 Å². The molecule has 0 bridgehead atoms. The molecule has 1 saturated heterocycles. The van der Waals surface area contributed by atoms with Crippen LogP contribution in [0, 0.1) is 28.4 Å². The van der Waals surface area contributed by atoms with Crippen LogP contribution in [0.25, 0.3) is 0 Å². The van der Waals surface area contributed by atoms with Crippen molar-refractivity contribution in [2.75, 3.05) is 10.2 Å². The summed E-state index contributed by atoms with van der Waals surface area (Å²) in [5, 5.41) is 23.3. The van der Waals surface area contributed by atoms with Gasteiger partial charge in [0.05, 0.1) is 10.2 Å². The van der Waals surface area contributed by atoms with Crippen LogP contribution in [0.4, 0.5) is 17.1 Å². The minimum absolute atomic E-state index is 0.0657. The summed E-state index contributed by atoms with van der Waals surface area (Å²) >= 11 is 1.11. The average molecular weight is 485 g/mol. The van der Waals surface area contributed by atoms with E-state index in [0.717, 1.165) is 17.3 Å². The molecule has 35 heavy (non-hydrogen) atoms. The maximum atomic E-state index is 13.5. The molecular weight excluding hydrogens is 464 g/mol. The van der Waals surface area contributed by atoms with Crippen molar-refractivity contribution in [3.8, 4) is 6.07 Å². The molecule has 2 amide bonds. The molecule has 1 heterocycles. The molecule has 0 aromatic heterocycles. The largest absolute Gasteiger partial charge is 0.321 e. The Bertz CT molecular complexity index is 1360. The Morgan fingerprint density at radius 1 is 1.11 bits per heavy atom. The van der Waals surface area contributed by atoms with E-state index in [1.165, 1.54) is 17.0 Å². The lowest BCUT2D eigenvalue weighted by Gasteiger charge is -2.19. The predicted molar refractivity (Wildman–Crippen MR) is 135 cm³/mol. The van der Waals surface area contributed by atoms with E-state index < -0.39 is 16.1 Å². The number of hydrogen-bond donors (Lipinski definition) is 1. The fraction of sp³-hybridized carbons (Fsp3) is 0.115. The number of non-ortho nitro benzene ring substituents is 1. The van der Waals surface area contributed by atoms with Gasteiger partial charge in [-0.1, -0.05) is 59.8 Å². The second-order valence-electron chi connectivity index (χ2n) is 7.86. The molecule has 1 aliphatic rings. The van der Waals surface area contributed by atoms with Crippen molar-refractivity contribution in [2.24, 2.45) is 0 Å². The minimum Gasteiger partial charge on any atom is -0.321 e. The molecule has 1 aliphatic heterocycles. The van der Waals surface area contributed by atoms with E-state index in [-0.39, 0.29) is 28.6 Å². The first-order chi connectivity index (χ1) is 16.9. The quantitative estimate of drug-likeness (QED) is 0.229. The maximum Gasteiger partial charge on any atom is 0.269 e. The highest BCUT2D eigenvalue weighted by Gasteiger charge is 2.41. The van der Waals surface area contributed by atoms with E-state index in [1.54, 1.807) is 48.5 Å². The number of anilines is 2. The van der Waals surface area contributed by atoms with Crippen LogP contribution in [0.2, 0.25) is 0 Å². The number of carbonyl (C=O) groups excluding carboxylic acids is 2. The smallest absolute Gasteiger partial charge is 0.269 e. The molecule has 174 valence electrons. The highest BCUT2D eigenvalue weighted by atomic mass is 32.2. The molecule has 4 rings (SSSR count). The number of nitrogens with one attached hydrogen (secondary N) is 1. The van der Waals surface area contributed by atoms with Crippen LogP contribution < -0.4 is 10.2 Å². The summed E-state index contributed by atoms with van der Waals surface area (Å²) in [5.74, 6) is -0.928. The van der Waals surface area contributed by atoms with Gasteiger partial charge in [-0.25, -0.2) is 0 Å². The summed E-state index contributed by atoms with van der Waals surface area (Å²) in [6.45, 7) is 1.92. The number of nitrogens with zero attached hydrogens (tertiary/aromatic N) is 3. The van der Waals surface area contributed by atoms with E-state index in [0.29, 0.717) is 16.9 Å². The predicted octanol–water partition coefficient (Wildman–Crippen LogP) is 4.97. The number of nitro groups is 1. The third-order valence-corrected chi connectivity index (χ3v) is 6.63. The van der Waals surface area contributed by atoms with Gasteiger partial charge in [0, 0.05) is 23.5 Å². The SMILES string of the molecule is Cc1ccc(N2C(=O)[C@H](Cc3cccc([N+](=O)[O-])c3)S/C2=C(/C#N)C(=O)Nc2ccccc2)cc1. The summed E-state index contributed by atoms with van der Waals surface area (Å²) in [6.07, 6.45) is 0.204. The number of benzene rings is 3. The van der Waals surface area contributed by atoms with Crippen LogP contribution in [-0.4, -0.2) is 22.0 Å². The Balaban J connectivity index is 1.72. The van der Waals surface area contributed by atoms with Crippen molar-refractivity contribution in [2.45, 2.75) is 18.6 Å². The highest BCUT2D eigenvalue weighted by Crippen LogP contribution is 2.42. The molecular formula is C26H20N4O4S. The van der Waals surface area contributed by atoms with Gasteiger partial charge in [0.15, 0.2) is 0 Å². The first kappa shape index (κ1) is 23.7. The average Bonchev–Trinajstić information content (AvgIpc) is 3.16. The number of thioether (sulfide) groups is 1. The minimum atomic E-state index is -0.666. The van der Waals surface area contributed by atoms with Crippen LogP contribution in [0.15, 0.2) is 89.5 Å². The number of carbonyl (C=O) groups is 2. The third-order valence-electron chi connectivity index (χ3n) is 5.37. The van der Waals surface area contributed by atoms with Crippen molar-refractivity contribution >= 4 is 40.6 Å². The van der Waals surface area contributed by atoms with Crippen LogP contribution >= 0.6 is 11.8 Å². The van der Waals surface area contributed by atoms with E-state index in [9.17, 15) is 25.0 Å². The van der Waals surface area contributed by atoms with Gasteiger partial charge >= 0.3 is 0 Å². The molecule has 0 saturated carbocycles. The van der Waals surface area contributed by atoms with E-state index >= 15 is 0 Å². The Hall–Kier alpha value is -4.42. The lowest BCUT2D eigenvalue weighted by atomic mass is 10.1. The second-order valence-corrected chi connectivity index (χ2v) is 9.05. The van der Waals surface area contributed by atoms with Crippen molar-refractivity contribution in [1.82, 2.24) is 0 Å². The molecule has 3 aromatic rings. The lowest BCUT2D eigenvalue weighted by Crippen LogP contribution is -2.30. The van der Waals surface area contributed by atoms with Gasteiger partial charge in [-0.2, -0.15) is 5.26 Å². The standard InChI is InChI=1S/C26H20N4O4S/c1-17-10-12-20(13-11-17)29-25(32)23(15-18-6-5-9-21(14-18)30(33)34)35-26(29)22(16-27)24(31)28-19-7-3-2-4-8-19/h2-14,23H,15H2,1H3,(H,28,31)/b26-22-/t23-/m0/s1. The zero-order valence-electron chi connectivity index (χ0n) is 18.7. The van der Waals surface area contributed by atoms with Crippen molar-refractivity contribution in [1.29, 1.82) is 5.26 Å². The molecule has 0 radical (unpaired) electrons. The first-order valence-electron chi connectivity index (χ1n) is 10.7. The van der Waals surface area contributed by atoms with Crippen LogP contribution in [-0.2, 0) is 16.0 Å². The van der Waals surface area contributed by atoms with Gasteiger partial charge in [-0.15, -0.1) is 0 Å². The fourth-order valence-corrected chi connectivity index (χ4v) is 4.95. The maximum absolute atomic E-state index is 13.5. The van der Waals surface area contributed by atoms with Crippen molar-refractivity contribution in [3.63, 3.8) is 0 Å². The third kappa shape index (κ3) is 5.23. The van der Waals surface area contributed by atoms with E-state index in [4.69, 9.17) is 0 Å². The molecule has 0 aliphatic carbocycles. The summed E-state index contributed by atoms with van der Waals surface area (Å²) in [7, 11) is 0. The topological polar surface area (TPSA) is 116 Å². The van der Waals surface area contributed by atoms with Gasteiger partial charge in [0.1, 0.15) is 16.7 Å². The van der Waals surface area contributed by atoms with Gasteiger partial charge in [0.25, 0.3) is 11.6 Å². The Kier molecular flexibility index (Phi) is 6.94. The number of hydrogen-bond acceptors (Lipinski definition) is 6. The van der Waals surface area contributed by atoms with Gasteiger partial charge in [-0.05, 0) is 43.2 Å². The molecule has 1 atom stereocenters. The fourth-order valence-electron chi connectivity index (χ4n) is 3.64. The summed E-state index contributed by atoms with van der Waals surface area (Å²) in [6, 6.07) is 24.0. The van der Waals surface area contributed by atoms with E-state index in [2.05, 4.69) is 5.32 Å². The normalized spacial score (nSPS) is 16.5. The summed E-state index contributed by atoms with van der Waals surface area (Å²) in [4.78, 5) is 38.6. The van der Waals surface area contributed by atoms with Crippen molar-refractivity contribution in [3.05, 3.63) is 111 Å². The monoisotopic (exact) mass is 484 g/mol. The second kappa shape index (κ2) is 10.2. The first-order valence-corrected chi connectivity index (χ1v) is 11.6. The summed E-state index contributed by atoms with van der Waals surface area (Å²) < 4.78 is 0. The number of para-hydroxylation sites is 1. The molecule has 9 heteroatoms. The van der Waals surface area contributed by atoms with Crippen LogP contribution in [0.3, 0.4) is 0 Å². The summed E-state index contributed by atoms with van der Waals surface area (Å²) in [5.41, 5.74) is 2.41. The molecule has 3 aromatic carbocycles. The molecule has 1 N–H and O–H groups in total. The molecule has 0 unspecified atom stereocenters. The van der Waals surface area contributed by atoms with Crippen molar-refractivity contribution < 1.29 is 14.5 Å². The van der Waals surface area contributed by atoms with Crippen LogP contribution in [0.1, 0.15) is 11.1 Å². The van der Waals surface area contributed by atoms with Gasteiger partial charge in [-0.3, -0.25) is 24.6 Å². The van der Waals surface area contributed by atoms with Gasteiger partial charge < -0.3 is 5.32 Å². The molecule has 0 spiro atoms. The number of nitriles is 1. The number of nitro benzene ring substituents is 1.